The van der Waals surface area contributed by atoms with Crippen molar-refractivity contribution < 1.29 is 0 Å². The Morgan fingerprint density at radius 2 is 2.29 bits per heavy atom. The fraction of sp³-hybridized carbons (Fsp3) is 0.500. The summed E-state index contributed by atoms with van der Waals surface area (Å²) in [5.41, 5.74) is 6.88. The van der Waals surface area contributed by atoms with Crippen molar-refractivity contribution in [2.75, 3.05) is 5.32 Å². The van der Waals surface area contributed by atoms with Crippen LogP contribution in [-0.2, 0) is 0 Å². The maximum absolute atomic E-state index is 5.72. The van der Waals surface area contributed by atoms with Gasteiger partial charge in [0.25, 0.3) is 0 Å². The van der Waals surface area contributed by atoms with Crippen molar-refractivity contribution in [2.45, 2.75) is 31.8 Å². The molecule has 76 valence electrons. The molecule has 1 heterocycles. The third-order valence-electron chi connectivity index (χ3n) is 2.56. The average molecular weight is 256 g/mol. The molecule has 0 unspecified atom stereocenters. The van der Waals surface area contributed by atoms with Crippen molar-refractivity contribution in [1.29, 1.82) is 0 Å². The summed E-state index contributed by atoms with van der Waals surface area (Å²) in [5.74, 6) is 0.977. The Balaban J connectivity index is 2.02. The van der Waals surface area contributed by atoms with E-state index in [1.54, 1.807) is 0 Å². The van der Waals surface area contributed by atoms with Crippen LogP contribution in [0.2, 0.25) is 0 Å². The average Bonchev–Trinajstić information content (AvgIpc) is 2.06. The van der Waals surface area contributed by atoms with Crippen LogP contribution in [0.5, 0.6) is 0 Å². The lowest BCUT2D eigenvalue weighted by Crippen LogP contribution is -2.44. The van der Waals surface area contributed by atoms with Gasteiger partial charge in [-0.15, -0.1) is 0 Å². The fourth-order valence-corrected chi connectivity index (χ4v) is 2.11. The Bertz CT molecular complexity index is 334. The Labute approximate surface area is 92.2 Å². The number of aryl methyl sites for hydroxylation is 1. The van der Waals surface area contributed by atoms with Crippen LogP contribution in [0.3, 0.4) is 0 Å². The number of hydrogen-bond acceptors (Lipinski definition) is 3. The van der Waals surface area contributed by atoms with Gasteiger partial charge in [-0.3, -0.25) is 0 Å². The maximum atomic E-state index is 5.72. The van der Waals surface area contributed by atoms with Gasteiger partial charge >= 0.3 is 0 Å². The molecule has 2 rings (SSSR count). The van der Waals surface area contributed by atoms with Crippen LogP contribution in [0.25, 0.3) is 0 Å². The molecule has 0 bridgehead atoms. The molecule has 4 heteroatoms. The zero-order valence-electron chi connectivity index (χ0n) is 8.13. The molecule has 0 radical (unpaired) electrons. The number of pyridine rings is 1. The number of anilines is 1. The Hall–Kier alpha value is -0.610. The quantitative estimate of drug-likeness (QED) is 0.851. The van der Waals surface area contributed by atoms with Crippen LogP contribution >= 0.6 is 15.9 Å². The lowest BCUT2D eigenvalue weighted by atomic mass is 9.87. The van der Waals surface area contributed by atoms with E-state index in [9.17, 15) is 0 Å². The largest absolute Gasteiger partial charge is 0.367 e. The van der Waals surface area contributed by atoms with Gasteiger partial charge in [0, 0.05) is 22.8 Å². The van der Waals surface area contributed by atoms with Crippen LogP contribution in [-0.4, -0.2) is 17.1 Å². The number of nitrogens with two attached hydrogens (primary N) is 1. The molecule has 3 nitrogen and oxygen atoms in total. The van der Waals surface area contributed by atoms with E-state index >= 15 is 0 Å². The molecular formula is C10H14BrN3. The van der Waals surface area contributed by atoms with Gasteiger partial charge in [0.05, 0.1) is 0 Å². The van der Waals surface area contributed by atoms with Gasteiger partial charge in [0.15, 0.2) is 0 Å². The second-order valence-electron chi connectivity index (χ2n) is 3.89. The van der Waals surface area contributed by atoms with Crippen molar-refractivity contribution in [3.8, 4) is 0 Å². The van der Waals surface area contributed by atoms with E-state index in [2.05, 4.69) is 39.2 Å². The van der Waals surface area contributed by atoms with Gasteiger partial charge < -0.3 is 11.1 Å². The zero-order chi connectivity index (χ0) is 10.1. The third kappa shape index (κ3) is 2.07. The molecule has 1 aromatic heterocycles. The van der Waals surface area contributed by atoms with Gasteiger partial charge in [-0.25, -0.2) is 4.98 Å². The van der Waals surface area contributed by atoms with Crippen molar-refractivity contribution in [2.24, 2.45) is 5.73 Å². The van der Waals surface area contributed by atoms with E-state index in [1.165, 1.54) is 5.56 Å². The summed E-state index contributed by atoms with van der Waals surface area (Å²) < 4.78 is 1.02. The van der Waals surface area contributed by atoms with Gasteiger partial charge in [0.2, 0.25) is 0 Å². The topological polar surface area (TPSA) is 50.9 Å². The summed E-state index contributed by atoms with van der Waals surface area (Å²) in [5, 5.41) is 3.39. The Morgan fingerprint density at radius 1 is 1.57 bits per heavy atom. The molecule has 1 aromatic rings. The first-order chi connectivity index (χ1) is 6.65. The van der Waals surface area contributed by atoms with Crippen LogP contribution in [0, 0.1) is 6.92 Å². The molecule has 0 saturated heterocycles. The smallest absolute Gasteiger partial charge is 0.129 e. The number of nitrogens with zero attached hydrogens (tertiary/aromatic N) is 1. The summed E-state index contributed by atoms with van der Waals surface area (Å²) in [6.45, 7) is 2.05. The highest BCUT2D eigenvalue weighted by molar-refractivity contribution is 9.10. The lowest BCUT2D eigenvalue weighted by Gasteiger charge is -2.33. The number of halogens is 1. The molecule has 1 aliphatic rings. The summed E-state index contributed by atoms with van der Waals surface area (Å²) >= 11 is 3.39. The molecule has 0 aromatic carbocycles. The predicted octanol–water partition coefficient (Wildman–Crippen LogP) is 2.05. The molecule has 0 amide bonds. The molecule has 1 fully saturated rings. The van der Waals surface area contributed by atoms with E-state index in [0.717, 1.165) is 23.1 Å². The summed E-state index contributed by atoms with van der Waals surface area (Å²) in [6.07, 6.45) is 3.92. The Morgan fingerprint density at radius 3 is 2.86 bits per heavy atom. The third-order valence-corrected chi connectivity index (χ3v) is 2.99. The van der Waals surface area contributed by atoms with Crippen molar-refractivity contribution in [3.05, 3.63) is 22.3 Å². The first kappa shape index (κ1) is 9.93. The van der Waals surface area contributed by atoms with E-state index in [4.69, 9.17) is 5.73 Å². The van der Waals surface area contributed by atoms with Gasteiger partial charge in [-0.1, -0.05) is 0 Å². The minimum atomic E-state index is 0.378. The molecule has 1 saturated carbocycles. The normalized spacial score (nSPS) is 25.6. The molecule has 3 N–H and O–H groups in total. The van der Waals surface area contributed by atoms with Crippen molar-refractivity contribution in [1.82, 2.24) is 4.98 Å². The first-order valence-electron chi connectivity index (χ1n) is 4.79. The van der Waals surface area contributed by atoms with Gasteiger partial charge in [-0.05, 0) is 47.3 Å². The van der Waals surface area contributed by atoms with Gasteiger partial charge in [0.1, 0.15) is 5.82 Å². The highest BCUT2D eigenvalue weighted by Gasteiger charge is 2.26. The van der Waals surface area contributed by atoms with Crippen LogP contribution in [0.4, 0.5) is 5.82 Å². The predicted molar refractivity (Wildman–Crippen MR) is 61.3 cm³/mol. The second kappa shape index (κ2) is 3.87. The second-order valence-corrected chi connectivity index (χ2v) is 4.81. The first-order valence-corrected chi connectivity index (χ1v) is 5.58. The molecule has 0 spiro atoms. The van der Waals surface area contributed by atoms with Crippen LogP contribution in [0.1, 0.15) is 18.4 Å². The molecule has 14 heavy (non-hydrogen) atoms. The monoisotopic (exact) mass is 255 g/mol. The highest BCUT2D eigenvalue weighted by atomic mass is 79.9. The van der Waals surface area contributed by atoms with E-state index in [1.807, 2.05) is 6.20 Å². The SMILES string of the molecule is Cc1cc(Br)cnc1NC1CC(N)C1. The summed E-state index contributed by atoms with van der Waals surface area (Å²) in [6, 6.07) is 2.95. The van der Waals surface area contributed by atoms with E-state index < -0.39 is 0 Å². The summed E-state index contributed by atoms with van der Waals surface area (Å²) in [4.78, 5) is 4.33. The minimum absolute atomic E-state index is 0.378. The highest BCUT2D eigenvalue weighted by Crippen LogP contribution is 2.24. The number of rotatable bonds is 2. The standard InChI is InChI=1S/C10H14BrN3/c1-6-2-7(11)5-13-10(6)14-9-3-8(12)4-9/h2,5,8-9H,3-4,12H2,1H3,(H,13,14). The number of hydrogen-bond donors (Lipinski definition) is 2. The maximum Gasteiger partial charge on any atom is 0.129 e. The van der Waals surface area contributed by atoms with Gasteiger partial charge in [-0.2, -0.15) is 0 Å². The summed E-state index contributed by atoms with van der Waals surface area (Å²) in [7, 11) is 0. The lowest BCUT2D eigenvalue weighted by molar-refractivity contribution is 0.373. The van der Waals surface area contributed by atoms with Crippen LogP contribution < -0.4 is 11.1 Å². The van der Waals surface area contributed by atoms with Crippen molar-refractivity contribution >= 4 is 21.7 Å². The van der Waals surface area contributed by atoms with E-state index in [-0.39, 0.29) is 0 Å². The molecular weight excluding hydrogens is 242 g/mol. The number of nitrogens with one attached hydrogen (secondary N) is 1. The zero-order valence-corrected chi connectivity index (χ0v) is 9.71. The van der Waals surface area contributed by atoms with Crippen molar-refractivity contribution in [3.63, 3.8) is 0 Å². The molecule has 1 aliphatic carbocycles. The Kier molecular flexibility index (Phi) is 2.74. The minimum Gasteiger partial charge on any atom is -0.367 e. The molecule has 0 aliphatic heterocycles. The number of aromatic nitrogens is 1. The van der Waals surface area contributed by atoms with E-state index in [0.29, 0.717) is 12.1 Å². The fourth-order valence-electron chi connectivity index (χ4n) is 1.66. The van der Waals surface area contributed by atoms with Crippen LogP contribution in [0.15, 0.2) is 16.7 Å². The molecule has 0 atom stereocenters.